The molecule has 3 N–H and O–H groups in total. The van der Waals surface area contributed by atoms with Crippen LogP contribution in [0.2, 0.25) is 0 Å². The first kappa shape index (κ1) is 40.4. The van der Waals surface area contributed by atoms with E-state index in [1.165, 1.54) is 11.0 Å². The van der Waals surface area contributed by atoms with Crippen molar-refractivity contribution in [1.29, 1.82) is 0 Å². The molecule has 4 aliphatic rings. The highest BCUT2D eigenvalue weighted by molar-refractivity contribution is 7.91. The number of alkyl halides is 2. The lowest BCUT2D eigenvalue weighted by Crippen LogP contribution is -2.58. The normalized spacial score (nSPS) is 25.8. The maximum atomic E-state index is 15.5. The molecule has 0 bridgehead atoms. The molecular weight excluding hydrogens is 817 g/mol. The monoisotopic (exact) mass is 859 g/mol. The Morgan fingerprint density at radius 3 is 2.46 bits per heavy atom. The number of para-hydroxylation sites is 3. The molecule has 5 aromatic rings. The number of halogens is 2. The van der Waals surface area contributed by atoms with Crippen LogP contribution in [0.1, 0.15) is 80.5 Å². The number of ether oxygens (including phenoxy) is 1. The minimum atomic E-state index is -4.12. The van der Waals surface area contributed by atoms with Gasteiger partial charge in [0.05, 0.1) is 22.8 Å². The zero-order valence-electron chi connectivity index (χ0n) is 33.1. The van der Waals surface area contributed by atoms with E-state index in [0.29, 0.717) is 41.0 Å². The van der Waals surface area contributed by atoms with Crippen molar-refractivity contribution >= 4 is 55.7 Å². The number of amides is 4. The third kappa shape index (κ3) is 8.26. The van der Waals surface area contributed by atoms with Gasteiger partial charge < -0.3 is 29.2 Å². The molecule has 0 radical (unpaired) electrons. The van der Waals surface area contributed by atoms with Crippen LogP contribution in [-0.2, 0) is 24.4 Å². The number of aromatic nitrogens is 3. The highest BCUT2D eigenvalue weighted by atomic mass is 32.2. The van der Waals surface area contributed by atoms with E-state index >= 15 is 8.78 Å². The van der Waals surface area contributed by atoms with Crippen molar-refractivity contribution in [1.82, 2.24) is 35.4 Å². The van der Waals surface area contributed by atoms with Gasteiger partial charge in [0.2, 0.25) is 33.6 Å². The molecule has 16 nitrogen and oxygen atoms in total. The highest BCUT2D eigenvalue weighted by Gasteiger charge is 2.65. The molecule has 2 saturated heterocycles. The van der Waals surface area contributed by atoms with Gasteiger partial charge in [-0.15, -0.1) is 0 Å². The molecule has 9 rings (SSSR count). The van der Waals surface area contributed by atoms with Crippen LogP contribution in [0.5, 0.6) is 5.88 Å². The standard InChI is InChI=1S/C42H43F2N7O9S/c1-23-17-31(49-60-23)36(52)46-30-12-3-2-8-16-41(43,44)20-25-21-42(25,40(55)50-61(56,57)27-14-15-27)48-37(53)32-19-26(22-51(32)39(30)54)58-38-35(45-28-10-5-6-11-29(28)47-38)34-18-24-9-4-7-13-33(24)59-34/h4-7,9-11,13,17-18,25-27,30,32H,2-3,8,12,14-16,19-22H2,1H3,(H,46,52)(H,48,53)(H,50,55). The number of rotatable bonds is 8. The molecule has 2 aliphatic heterocycles. The Morgan fingerprint density at radius 1 is 0.967 bits per heavy atom. The maximum Gasteiger partial charge on any atom is 0.274 e. The van der Waals surface area contributed by atoms with Gasteiger partial charge in [-0.05, 0) is 69.2 Å². The van der Waals surface area contributed by atoms with Crippen LogP contribution < -0.4 is 20.1 Å². The van der Waals surface area contributed by atoms with Crippen molar-refractivity contribution < 1.29 is 50.1 Å². The number of aryl methyl sites for hydroxylation is 1. The smallest absolute Gasteiger partial charge is 0.274 e. The van der Waals surface area contributed by atoms with Gasteiger partial charge in [-0.2, -0.15) is 0 Å². The summed E-state index contributed by atoms with van der Waals surface area (Å²) in [7, 11) is -4.12. The molecule has 5 unspecified atom stereocenters. The number of carbonyl (C=O) groups is 4. The van der Waals surface area contributed by atoms with Crippen LogP contribution in [0.25, 0.3) is 33.5 Å². The van der Waals surface area contributed by atoms with E-state index in [2.05, 4.69) is 15.8 Å². The third-order valence-corrected chi connectivity index (χ3v) is 13.7. The first-order chi connectivity index (χ1) is 29.2. The Bertz CT molecular complexity index is 2630. The fourth-order valence-corrected chi connectivity index (χ4v) is 9.81. The van der Waals surface area contributed by atoms with Crippen LogP contribution in [0.4, 0.5) is 8.78 Å². The number of carbonyl (C=O) groups excluding carboxylic acids is 4. The summed E-state index contributed by atoms with van der Waals surface area (Å²) in [6, 6.07) is 15.1. The topological polar surface area (TPSA) is 216 Å². The van der Waals surface area contributed by atoms with Crippen molar-refractivity contribution in [2.24, 2.45) is 5.92 Å². The molecule has 2 aliphatic carbocycles. The summed E-state index contributed by atoms with van der Waals surface area (Å²) in [6.07, 6.45) is -1.24. The Kier molecular flexibility index (Phi) is 10.3. The zero-order chi connectivity index (χ0) is 42.7. The second kappa shape index (κ2) is 15.5. The summed E-state index contributed by atoms with van der Waals surface area (Å²) >= 11 is 0. The average Bonchev–Trinajstić information content (AvgIpc) is 4.03. The lowest BCUT2D eigenvalue weighted by atomic mass is 10.00. The van der Waals surface area contributed by atoms with Gasteiger partial charge in [-0.25, -0.2) is 27.2 Å². The van der Waals surface area contributed by atoms with Gasteiger partial charge in [0.25, 0.3) is 11.8 Å². The first-order valence-electron chi connectivity index (χ1n) is 20.4. The summed E-state index contributed by atoms with van der Waals surface area (Å²) in [5, 5.41) is 9.13. The Labute approximate surface area is 348 Å². The summed E-state index contributed by atoms with van der Waals surface area (Å²) in [6.45, 7) is 1.40. The Morgan fingerprint density at radius 2 is 1.72 bits per heavy atom. The minimum absolute atomic E-state index is 0.0453. The highest BCUT2D eigenvalue weighted by Crippen LogP contribution is 2.51. The maximum absolute atomic E-state index is 15.5. The van der Waals surface area contributed by atoms with E-state index in [1.807, 2.05) is 29.0 Å². The predicted molar refractivity (Wildman–Crippen MR) is 213 cm³/mol. The van der Waals surface area contributed by atoms with Crippen molar-refractivity contribution in [3.8, 4) is 17.3 Å². The van der Waals surface area contributed by atoms with Crippen molar-refractivity contribution in [2.75, 3.05) is 6.54 Å². The first-order valence-corrected chi connectivity index (χ1v) is 22.0. The second-order valence-electron chi connectivity index (χ2n) is 16.5. The van der Waals surface area contributed by atoms with E-state index in [-0.39, 0.29) is 62.3 Å². The van der Waals surface area contributed by atoms with Crippen LogP contribution >= 0.6 is 0 Å². The second-order valence-corrected chi connectivity index (χ2v) is 18.5. The van der Waals surface area contributed by atoms with E-state index < -0.39 is 87.3 Å². The lowest BCUT2D eigenvalue weighted by Gasteiger charge is -2.30. The minimum Gasteiger partial charge on any atom is -0.471 e. The van der Waals surface area contributed by atoms with Crippen LogP contribution in [0.15, 0.2) is 69.6 Å². The zero-order valence-corrected chi connectivity index (χ0v) is 33.9. The van der Waals surface area contributed by atoms with Crippen LogP contribution in [0.3, 0.4) is 0 Å². The molecule has 3 aromatic heterocycles. The molecular formula is C42H43F2N7O9S. The Balaban J connectivity index is 1.07. The molecule has 4 amide bonds. The lowest BCUT2D eigenvalue weighted by molar-refractivity contribution is -0.141. The number of benzene rings is 2. The number of sulfonamides is 1. The summed E-state index contributed by atoms with van der Waals surface area (Å²) in [4.78, 5) is 67.4. The summed E-state index contributed by atoms with van der Waals surface area (Å²) in [5.74, 6) is -6.92. The molecule has 2 saturated carbocycles. The summed E-state index contributed by atoms with van der Waals surface area (Å²) in [5.41, 5.74) is -0.155. The number of nitrogens with one attached hydrogen (secondary N) is 3. The van der Waals surface area contributed by atoms with Crippen molar-refractivity contribution in [2.45, 2.75) is 106 Å². The van der Waals surface area contributed by atoms with Crippen LogP contribution in [-0.4, -0.2) is 93.5 Å². The molecule has 5 atom stereocenters. The number of fused-ring (bicyclic) bond motifs is 4. The average molecular weight is 860 g/mol. The van der Waals surface area contributed by atoms with Gasteiger partial charge in [0.1, 0.15) is 35.1 Å². The van der Waals surface area contributed by atoms with E-state index in [1.54, 1.807) is 37.3 Å². The molecule has 5 heterocycles. The van der Waals surface area contributed by atoms with Gasteiger partial charge in [-0.3, -0.25) is 23.9 Å². The molecule has 19 heteroatoms. The molecule has 61 heavy (non-hydrogen) atoms. The van der Waals surface area contributed by atoms with E-state index in [0.717, 1.165) is 5.39 Å². The Hall–Kier alpha value is -5.98. The van der Waals surface area contributed by atoms with Crippen molar-refractivity contribution in [3.05, 3.63) is 72.1 Å². The number of hydrogen-bond acceptors (Lipinski definition) is 12. The van der Waals surface area contributed by atoms with Gasteiger partial charge >= 0.3 is 0 Å². The SMILES string of the molecule is Cc1cc(C(=O)NC2CCCCCC(F)(F)CC3CC3(C(=O)NS(=O)(=O)C3CC3)NC(=O)C3CC(Oc4nc5ccccc5nc4-c4cc5ccccc5o4)CN3C2=O)no1. The number of furan rings is 1. The van der Waals surface area contributed by atoms with E-state index in [9.17, 15) is 27.6 Å². The fraction of sp³-hybridized carbons (Fsp3) is 0.452. The van der Waals surface area contributed by atoms with Crippen LogP contribution in [0, 0.1) is 12.8 Å². The molecule has 2 aromatic carbocycles. The number of nitrogens with zero attached hydrogens (tertiary/aromatic N) is 4. The third-order valence-electron chi connectivity index (χ3n) is 11.9. The number of hydrogen-bond donors (Lipinski definition) is 3. The van der Waals surface area contributed by atoms with Crippen molar-refractivity contribution in [3.63, 3.8) is 0 Å². The quantitative estimate of drug-likeness (QED) is 0.189. The van der Waals surface area contributed by atoms with E-state index in [4.69, 9.17) is 23.6 Å². The van der Waals surface area contributed by atoms with Gasteiger partial charge in [0, 0.05) is 30.7 Å². The molecule has 0 spiro atoms. The van der Waals surface area contributed by atoms with Gasteiger partial charge in [0.15, 0.2) is 17.1 Å². The molecule has 4 fully saturated rings. The fourth-order valence-electron chi connectivity index (χ4n) is 8.44. The summed E-state index contributed by atoms with van der Waals surface area (Å²) < 4.78 is 76.7. The van der Waals surface area contributed by atoms with Gasteiger partial charge in [-0.1, -0.05) is 48.3 Å². The predicted octanol–water partition coefficient (Wildman–Crippen LogP) is 4.96. The molecule has 320 valence electrons. The largest absolute Gasteiger partial charge is 0.471 e.